The van der Waals surface area contributed by atoms with Crippen LogP contribution in [-0.4, -0.2) is 9.55 Å². The summed E-state index contributed by atoms with van der Waals surface area (Å²) in [5.41, 5.74) is 9.37. The van der Waals surface area contributed by atoms with E-state index in [0.29, 0.717) is 12.5 Å². The molecule has 1 aromatic carbocycles. The predicted molar refractivity (Wildman–Crippen MR) is 72.0 cm³/mol. The summed E-state index contributed by atoms with van der Waals surface area (Å²) in [7, 11) is 0. The van der Waals surface area contributed by atoms with Gasteiger partial charge in [-0.25, -0.2) is 4.98 Å². The van der Waals surface area contributed by atoms with E-state index in [4.69, 9.17) is 5.73 Å². The number of hydrogen-bond donors (Lipinski definition) is 1. The average molecular weight is 231 g/mol. The number of benzene rings is 1. The minimum absolute atomic E-state index is 0.506. The van der Waals surface area contributed by atoms with E-state index in [9.17, 15) is 0 Å². The first-order valence-corrected chi connectivity index (χ1v) is 6.36. The van der Waals surface area contributed by atoms with Crippen LogP contribution in [0, 0.1) is 0 Å². The first-order valence-electron chi connectivity index (χ1n) is 6.36. The van der Waals surface area contributed by atoms with E-state index in [-0.39, 0.29) is 0 Å². The monoisotopic (exact) mass is 231 g/mol. The van der Waals surface area contributed by atoms with Crippen LogP contribution in [0.1, 0.15) is 44.5 Å². The topological polar surface area (TPSA) is 43.8 Å². The molecular weight excluding hydrogens is 210 g/mol. The highest BCUT2D eigenvalue weighted by Gasteiger charge is 2.10. The quantitative estimate of drug-likeness (QED) is 0.879. The molecular formula is C14H21N3. The average Bonchev–Trinajstić information content (AvgIpc) is 2.67. The van der Waals surface area contributed by atoms with Crippen molar-refractivity contribution in [3.8, 4) is 0 Å². The van der Waals surface area contributed by atoms with E-state index in [0.717, 1.165) is 24.3 Å². The zero-order valence-electron chi connectivity index (χ0n) is 10.9. The van der Waals surface area contributed by atoms with Crippen molar-refractivity contribution in [3.05, 3.63) is 29.6 Å². The Kier molecular flexibility index (Phi) is 3.48. The molecule has 0 saturated heterocycles. The standard InChI is InChI=1S/C14H21N3/c1-4-7-17-13-6-5-11(10(2)3)8-12(13)16-14(17)9-15/h5-6,8,10H,4,7,9,15H2,1-3H3. The summed E-state index contributed by atoms with van der Waals surface area (Å²) in [6.07, 6.45) is 1.10. The van der Waals surface area contributed by atoms with Crippen molar-refractivity contribution in [2.45, 2.75) is 46.2 Å². The van der Waals surface area contributed by atoms with Crippen LogP contribution >= 0.6 is 0 Å². The zero-order valence-corrected chi connectivity index (χ0v) is 10.9. The normalized spacial score (nSPS) is 11.6. The molecule has 1 heterocycles. The lowest BCUT2D eigenvalue weighted by atomic mass is 10.0. The lowest BCUT2D eigenvalue weighted by Gasteiger charge is -2.07. The summed E-state index contributed by atoms with van der Waals surface area (Å²) in [6.45, 7) is 8.08. The maximum absolute atomic E-state index is 5.76. The van der Waals surface area contributed by atoms with E-state index in [1.807, 2.05) is 0 Å². The molecule has 0 spiro atoms. The van der Waals surface area contributed by atoms with Crippen LogP contribution < -0.4 is 5.73 Å². The third kappa shape index (κ3) is 2.20. The van der Waals surface area contributed by atoms with Crippen LogP contribution in [0.25, 0.3) is 11.0 Å². The Morgan fingerprint density at radius 1 is 1.35 bits per heavy atom. The van der Waals surface area contributed by atoms with Crippen molar-refractivity contribution >= 4 is 11.0 Å². The van der Waals surface area contributed by atoms with Gasteiger partial charge in [-0.3, -0.25) is 0 Å². The van der Waals surface area contributed by atoms with Gasteiger partial charge in [-0.1, -0.05) is 26.8 Å². The Bertz CT molecular complexity index is 511. The van der Waals surface area contributed by atoms with E-state index in [1.165, 1.54) is 11.1 Å². The fourth-order valence-electron chi connectivity index (χ4n) is 2.18. The molecule has 0 aliphatic heterocycles. The van der Waals surface area contributed by atoms with E-state index < -0.39 is 0 Å². The third-order valence-electron chi connectivity index (χ3n) is 3.15. The largest absolute Gasteiger partial charge is 0.327 e. The van der Waals surface area contributed by atoms with Gasteiger partial charge in [-0.2, -0.15) is 0 Å². The summed E-state index contributed by atoms with van der Waals surface area (Å²) < 4.78 is 2.24. The molecule has 0 radical (unpaired) electrons. The van der Waals surface area contributed by atoms with E-state index >= 15 is 0 Å². The predicted octanol–water partition coefficient (Wildman–Crippen LogP) is 3.03. The van der Waals surface area contributed by atoms with Crippen molar-refractivity contribution in [1.29, 1.82) is 0 Å². The zero-order chi connectivity index (χ0) is 12.4. The highest BCUT2D eigenvalue weighted by molar-refractivity contribution is 5.77. The number of fused-ring (bicyclic) bond motifs is 1. The minimum Gasteiger partial charge on any atom is -0.327 e. The Labute approximate surface area is 103 Å². The Morgan fingerprint density at radius 2 is 2.12 bits per heavy atom. The molecule has 2 aromatic rings. The molecule has 0 atom stereocenters. The van der Waals surface area contributed by atoms with Crippen LogP contribution in [0.15, 0.2) is 18.2 Å². The SMILES string of the molecule is CCCn1c(CN)nc2cc(C(C)C)ccc21. The van der Waals surface area contributed by atoms with Gasteiger partial charge in [0.1, 0.15) is 5.82 Å². The molecule has 0 fully saturated rings. The second kappa shape index (κ2) is 4.88. The van der Waals surface area contributed by atoms with E-state index in [1.54, 1.807) is 0 Å². The van der Waals surface area contributed by atoms with Gasteiger partial charge in [0.2, 0.25) is 0 Å². The second-order valence-corrected chi connectivity index (χ2v) is 4.79. The fourth-order valence-corrected chi connectivity index (χ4v) is 2.18. The van der Waals surface area contributed by atoms with Crippen LogP contribution in [0.2, 0.25) is 0 Å². The smallest absolute Gasteiger partial charge is 0.123 e. The van der Waals surface area contributed by atoms with Gasteiger partial charge in [0.05, 0.1) is 17.6 Å². The van der Waals surface area contributed by atoms with Crippen molar-refractivity contribution in [3.63, 3.8) is 0 Å². The number of aryl methyl sites for hydroxylation is 1. The molecule has 0 unspecified atom stereocenters. The number of imidazole rings is 1. The second-order valence-electron chi connectivity index (χ2n) is 4.79. The van der Waals surface area contributed by atoms with Gasteiger partial charge in [0.15, 0.2) is 0 Å². The highest BCUT2D eigenvalue weighted by Crippen LogP contribution is 2.22. The number of hydrogen-bond acceptors (Lipinski definition) is 2. The summed E-state index contributed by atoms with van der Waals surface area (Å²) in [5, 5.41) is 0. The van der Waals surface area contributed by atoms with E-state index in [2.05, 4.69) is 48.5 Å². The van der Waals surface area contributed by atoms with Gasteiger partial charge in [0, 0.05) is 6.54 Å². The summed E-state index contributed by atoms with van der Waals surface area (Å²) in [5.74, 6) is 1.53. The molecule has 0 saturated carbocycles. The van der Waals surface area contributed by atoms with Gasteiger partial charge in [-0.05, 0) is 30.0 Å². The molecule has 3 nitrogen and oxygen atoms in total. The molecule has 17 heavy (non-hydrogen) atoms. The highest BCUT2D eigenvalue weighted by atomic mass is 15.1. The lowest BCUT2D eigenvalue weighted by Crippen LogP contribution is -2.08. The van der Waals surface area contributed by atoms with Gasteiger partial charge in [0.25, 0.3) is 0 Å². The molecule has 0 aliphatic carbocycles. The molecule has 0 aliphatic rings. The van der Waals surface area contributed by atoms with Crippen LogP contribution in [-0.2, 0) is 13.1 Å². The summed E-state index contributed by atoms with van der Waals surface area (Å²) >= 11 is 0. The van der Waals surface area contributed by atoms with Gasteiger partial charge < -0.3 is 10.3 Å². The molecule has 2 N–H and O–H groups in total. The molecule has 0 bridgehead atoms. The fraction of sp³-hybridized carbons (Fsp3) is 0.500. The molecule has 2 rings (SSSR count). The molecule has 3 heteroatoms. The Morgan fingerprint density at radius 3 is 2.71 bits per heavy atom. The number of aromatic nitrogens is 2. The lowest BCUT2D eigenvalue weighted by molar-refractivity contribution is 0.655. The summed E-state index contributed by atoms with van der Waals surface area (Å²) in [6, 6.07) is 6.55. The molecule has 0 amide bonds. The van der Waals surface area contributed by atoms with Crippen LogP contribution in [0.5, 0.6) is 0 Å². The molecule has 1 aromatic heterocycles. The Balaban J connectivity index is 2.57. The first-order chi connectivity index (χ1) is 8.17. The number of nitrogens with two attached hydrogens (primary N) is 1. The number of rotatable bonds is 4. The van der Waals surface area contributed by atoms with Crippen molar-refractivity contribution in [2.24, 2.45) is 5.73 Å². The van der Waals surface area contributed by atoms with Crippen LogP contribution in [0.4, 0.5) is 0 Å². The first kappa shape index (κ1) is 12.1. The third-order valence-corrected chi connectivity index (χ3v) is 3.15. The van der Waals surface area contributed by atoms with Crippen molar-refractivity contribution in [2.75, 3.05) is 0 Å². The van der Waals surface area contributed by atoms with Gasteiger partial charge >= 0.3 is 0 Å². The molecule has 92 valence electrons. The Hall–Kier alpha value is -1.35. The van der Waals surface area contributed by atoms with Crippen molar-refractivity contribution in [1.82, 2.24) is 9.55 Å². The maximum atomic E-state index is 5.76. The van der Waals surface area contributed by atoms with Crippen LogP contribution in [0.3, 0.4) is 0 Å². The maximum Gasteiger partial charge on any atom is 0.123 e. The van der Waals surface area contributed by atoms with Gasteiger partial charge in [-0.15, -0.1) is 0 Å². The minimum atomic E-state index is 0.506. The number of nitrogens with zero attached hydrogens (tertiary/aromatic N) is 2. The summed E-state index contributed by atoms with van der Waals surface area (Å²) in [4.78, 5) is 4.63. The van der Waals surface area contributed by atoms with Crippen molar-refractivity contribution < 1.29 is 0 Å².